The van der Waals surface area contributed by atoms with E-state index in [1.165, 1.54) is 18.9 Å². The summed E-state index contributed by atoms with van der Waals surface area (Å²) in [5.74, 6) is -1.56. The van der Waals surface area contributed by atoms with Gasteiger partial charge in [-0.2, -0.15) is 5.10 Å². The van der Waals surface area contributed by atoms with Gasteiger partial charge in [-0.15, -0.1) is 0 Å². The number of hydrogen-bond donors (Lipinski definition) is 2. The summed E-state index contributed by atoms with van der Waals surface area (Å²) in [5, 5.41) is 6.31. The maximum absolute atomic E-state index is 11.7. The van der Waals surface area contributed by atoms with Crippen molar-refractivity contribution >= 4 is 18.0 Å². The molecule has 0 aliphatic carbocycles. The van der Waals surface area contributed by atoms with Gasteiger partial charge in [-0.1, -0.05) is 17.7 Å². The fourth-order valence-electron chi connectivity index (χ4n) is 2.57. The first kappa shape index (κ1) is 19.4. The number of rotatable bonds is 6. The summed E-state index contributed by atoms with van der Waals surface area (Å²) in [6.45, 7) is 6.64. The molecule has 0 unspecified atom stereocenters. The highest BCUT2D eigenvalue weighted by Gasteiger charge is 2.12. The quantitative estimate of drug-likeness (QED) is 0.357. The fourth-order valence-corrected chi connectivity index (χ4v) is 2.57. The zero-order chi connectivity index (χ0) is 19.1. The van der Waals surface area contributed by atoms with Crippen LogP contribution in [0.15, 0.2) is 35.4 Å². The minimum Gasteiger partial charge on any atom is -0.383 e. The van der Waals surface area contributed by atoms with Crippen LogP contribution in [0.1, 0.15) is 22.5 Å². The van der Waals surface area contributed by atoms with E-state index in [9.17, 15) is 9.59 Å². The first-order valence-electron chi connectivity index (χ1n) is 8.30. The van der Waals surface area contributed by atoms with Crippen LogP contribution >= 0.6 is 0 Å². The number of amides is 2. The van der Waals surface area contributed by atoms with Crippen LogP contribution in [0.3, 0.4) is 0 Å². The monoisotopic (exact) mass is 356 g/mol. The molecule has 7 heteroatoms. The highest BCUT2D eigenvalue weighted by atomic mass is 16.5. The Kier molecular flexibility index (Phi) is 6.68. The molecule has 0 aliphatic rings. The average molecular weight is 356 g/mol. The first-order chi connectivity index (χ1) is 12.4. The smallest absolute Gasteiger partial charge is 0.329 e. The summed E-state index contributed by atoms with van der Waals surface area (Å²) < 4.78 is 6.91. The van der Waals surface area contributed by atoms with Crippen molar-refractivity contribution in [3.8, 4) is 5.69 Å². The Labute approximate surface area is 153 Å². The Balaban J connectivity index is 2.05. The first-order valence-corrected chi connectivity index (χ1v) is 8.30. The van der Waals surface area contributed by atoms with E-state index in [0.717, 1.165) is 22.6 Å². The molecule has 2 aromatic rings. The number of aryl methyl sites for hydroxylation is 2. The highest BCUT2D eigenvalue weighted by Crippen LogP contribution is 2.20. The molecule has 0 saturated heterocycles. The Hall–Kier alpha value is -2.93. The molecule has 0 fully saturated rings. The zero-order valence-corrected chi connectivity index (χ0v) is 15.5. The molecular weight excluding hydrogens is 332 g/mol. The van der Waals surface area contributed by atoms with Crippen LogP contribution in [-0.4, -0.2) is 42.9 Å². The van der Waals surface area contributed by atoms with Crippen molar-refractivity contribution in [2.24, 2.45) is 5.10 Å². The molecule has 0 aliphatic heterocycles. The van der Waals surface area contributed by atoms with Crippen molar-refractivity contribution in [1.29, 1.82) is 0 Å². The molecular formula is C19H24N4O3. The van der Waals surface area contributed by atoms with E-state index >= 15 is 0 Å². The van der Waals surface area contributed by atoms with Gasteiger partial charge in [0.25, 0.3) is 0 Å². The Morgan fingerprint density at radius 1 is 1.15 bits per heavy atom. The number of nitrogens with one attached hydrogen (secondary N) is 2. The van der Waals surface area contributed by atoms with Gasteiger partial charge in [-0.05, 0) is 39.0 Å². The number of carbonyl (C=O) groups is 2. The maximum atomic E-state index is 11.7. The fraction of sp³-hybridized carbons (Fsp3) is 0.316. The van der Waals surface area contributed by atoms with E-state index in [1.54, 1.807) is 0 Å². The lowest BCUT2D eigenvalue weighted by molar-refractivity contribution is -0.139. The minimum absolute atomic E-state index is 0.268. The third-order valence-corrected chi connectivity index (χ3v) is 3.93. The van der Waals surface area contributed by atoms with Crippen LogP contribution in [0, 0.1) is 20.8 Å². The van der Waals surface area contributed by atoms with Crippen molar-refractivity contribution in [2.75, 3.05) is 20.3 Å². The van der Waals surface area contributed by atoms with Crippen molar-refractivity contribution in [3.05, 3.63) is 52.8 Å². The molecule has 138 valence electrons. The lowest BCUT2D eigenvalue weighted by Crippen LogP contribution is -2.39. The molecule has 0 saturated carbocycles. The molecule has 7 nitrogen and oxygen atoms in total. The van der Waals surface area contributed by atoms with Gasteiger partial charge in [0.15, 0.2) is 0 Å². The molecule has 0 bridgehead atoms. The third-order valence-electron chi connectivity index (χ3n) is 3.93. The van der Waals surface area contributed by atoms with E-state index in [4.69, 9.17) is 4.74 Å². The molecule has 0 atom stereocenters. The number of hydrazone groups is 1. The summed E-state index contributed by atoms with van der Waals surface area (Å²) in [6.07, 6.45) is 1.54. The molecule has 2 amide bonds. The summed E-state index contributed by atoms with van der Waals surface area (Å²) in [4.78, 5) is 23.2. The van der Waals surface area contributed by atoms with Gasteiger partial charge in [0.2, 0.25) is 0 Å². The van der Waals surface area contributed by atoms with Crippen molar-refractivity contribution in [3.63, 3.8) is 0 Å². The standard InChI is InChI=1S/C19H24N4O3/c1-13-5-7-17(8-6-13)23-14(2)11-16(15(23)3)12-21-22-19(25)18(24)20-9-10-26-4/h5-8,11-12H,9-10H2,1-4H3,(H,20,24)(H,22,25)/b21-12-. The zero-order valence-electron chi connectivity index (χ0n) is 15.5. The summed E-state index contributed by atoms with van der Waals surface area (Å²) in [6, 6.07) is 10.2. The van der Waals surface area contributed by atoms with Crippen molar-refractivity contribution in [2.45, 2.75) is 20.8 Å². The third kappa shape index (κ3) is 4.80. The molecule has 1 heterocycles. The van der Waals surface area contributed by atoms with Crippen LogP contribution in [0.25, 0.3) is 5.69 Å². The van der Waals surface area contributed by atoms with E-state index in [1.807, 2.05) is 26.8 Å². The Bertz CT molecular complexity index is 807. The topological polar surface area (TPSA) is 84.7 Å². The summed E-state index contributed by atoms with van der Waals surface area (Å²) in [7, 11) is 1.52. The number of hydrogen-bond acceptors (Lipinski definition) is 4. The second-order valence-electron chi connectivity index (χ2n) is 5.95. The predicted molar refractivity (Wildman–Crippen MR) is 101 cm³/mol. The number of ether oxygens (including phenoxy) is 1. The molecule has 1 aromatic heterocycles. The summed E-state index contributed by atoms with van der Waals surface area (Å²) in [5.41, 5.74) is 7.40. The second-order valence-corrected chi connectivity index (χ2v) is 5.95. The number of benzene rings is 1. The lowest BCUT2D eigenvalue weighted by atomic mass is 10.2. The van der Waals surface area contributed by atoms with Crippen LogP contribution in [0.2, 0.25) is 0 Å². The number of aromatic nitrogens is 1. The molecule has 2 N–H and O–H groups in total. The number of methoxy groups -OCH3 is 1. The van der Waals surface area contributed by atoms with Gasteiger partial charge < -0.3 is 14.6 Å². The van der Waals surface area contributed by atoms with Crippen LogP contribution in [0.5, 0.6) is 0 Å². The Morgan fingerprint density at radius 3 is 2.50 bits per heavy atom. The lowest BCUT2D eigenvalue weighted by Gasteiger charge is -2.09. The van der Waals surface area contributed by atoms with Crippen molar-refractivity contribution < 1.29 is 14.3 Å². The van der Waals surface area contributed by atoms with Gasteiger partial charge in [0.1, 0.15) is 0 Å². The number of nitrogens with zero attached hydrogens (tertiary/aromatic N) is 2. The van der Waals surface area contributed by atoms with Gasteiger partial charge in [-0.3, -0.25) is 9.59 Å². The van der Waals surface area contributed by atoms with Crippen LogP contribution in [0.4, 0.5) is 0 Å². The van der Waals surface area contributed by atoms with Gasteiger partial charge in [-0.25, -0.2) is 5.43 Å². The minimum atomic E-state index is -0.815. The molecule has 0 radical (unpaired) electrons. The molecule has 2 rings (SSSR count). The second kappa shape index (κ2) is 8.96. The normalized spacial score (nSPS) is 10.9. The average Bonchev–Trinajstić information content (AvgIpc) is 2.89. The van der Waals surface area contributed by atoms with E-state index < -0.39 is 11.8 Å². The van der Waals surface area contributed by atoms with Crippen LogP contribution in [-0.2, 0) is 14.3 Å². The van der Waals surface area contributed by atoms with Gasteiger partial charge in [0, 0.05) is 36.3 Å². The van der Waals surface area contributed by atoms with E-state index in [2.05, 4.69) is 44.7 Å². The van der Waals surface area contributed by atoms with Crippen molar-refractivity contribution in [1.82, 2.24) is 15.3 Å². The molecule has 1 aromatic carbocycles. The van der Waals surface area contributed by atoms with Gasteiger partial charge >= 0.3 is 11.8 Å². The maximum Gasteiger partial charge on any atom is 0.329 e. The molecule has 0 spiro atoms. The van der Waals surface area contributed by atoms with Gasteiger partial charge in [0.05, 0.1) is 12.8 Å². The summed E-state index contributed by atoms with van der Waals surface area (Å²) >= 11 is 0. The predicted octanol–water partition coefficient (Wildman–Crippen LogP) is 1.62. The van der Waals surface area contributed by atoms with Crippen LogP contribution < -0.4 is 10.7 Å². The molecule has 26 heavy (non-hydrogen) atoms. The number of carbonyl (C=O) groups excluding carboxylic acids is 2. The van der Waals surface area contributed by atoms with E-state index in [-0.39, 0.29) is 6.54 Å². The largest absolute Gasteiger partial charge is 0.383 e. The van der Waals surface area contributed by atoms with E-state index in [0.29, 0.717) is 6.61 Å². The SMILES string of the molecule is COCCNC(=O)C(=O)N/N=C\c1cc(C)n(-c2ccc(C)cc2)c1C. The Morgan fingerprint density at radius 2 is 1.85 bits per heavy atom. The highest BCUT2D eigenvalue weighted by molar-refractivity contribution is 6.35.